The molecule has 7 heteroatoms. The van der Waals surface area contributed by atoms with E-state index in [2.05, 4.69) is 10.6 Å². The largest absolute Gasteiger partial charge is 0.354 e. The molecule has 0 bridgehead atoms. The van der Waals surface area contributed by atoms with E-state index in [0.717, 1.165) is 24.8 Å². The van der Waals surface area contributed by atoms with Crippen molar-refractivity contribution in [3.63, 3.8) is 0 Å². The average Bonchev–Trinajstić information content (AvgIpc) is 2.99. The second-order valence-corrected chi connectivity index (χ2v) is 9.06. The van der Waals surface area contributed by atoms with Gasteiger partial charge in [-0.2, -0.15) is 0 Å². The first-order valence-electron chi connectivity index (χ1n) is 8.72. The van der Waals surface area contributed by atoms with Crippen LogP contribution >= 0.6 is 0 Å². The maximum atomic E-state index is 13.1. The van der Waals surface area contributed by atoms with Crippen molar-refractivity contribution in [1.29, 1.82) is 0 Å². The fraction of sp³-hybridized carbons (Fsp3) is 0.556. The summed E-state index contributed by atoms with van der Waals surface area (Å²) in [5.74, 6) is -0.256. The van der Waals surface area contributed by atoms with Crippen LogP contribution in [0.2, 0.25) is 0 Å². The lowest BCUT2D eigenvalue weighted by Gasteiger charge is -2.37. The number of sulfone groups is 1. The summed E-state index contributed by atoms with van der Waals surface area (Å²) in [6, 6.07) is 6.15. The molecule has 2 amide bonds. The Morgan fingerprint density at radius 2 is 1.80 bits per heavy atom. The molecule has 1 aromatic carbocycles. The molecule has 1 heterocycles. The number of carbonyl (C=O) groups excluding carboxylic acids is 2. The molecule has 0 radical (unpaired) electrons. The fourth-order valence-corrected chi connectivity index (χ4v) is 4.48. The first kappa shape index (κ1) is 17.9. The highest BCUT2D eigenvalue weighted by atomic mass is 32.2. The van der Waals surface area contributed by atoms with Crippen molar-refractivity contribution in [3.05, 3.63) is 29.8 Å². The van der Waals surface area contributed by atoms with Gasteiger partial charge in [0.15, 0.2) is 9.84 Å². The van der Waals surface area contributed by atoms with Crippen molar-refractivity contribution in [2.45, 2.75) is 54.9 Å². The fourth-order valence-electron chi connectivity index (χ4n) is 3.85. The number of hydrogen-bond donors (Lipinski definition) is 2. The molecule has 1 saturated carbocycles. The Kier molecular flexibility index (Phi) is 4.86. The molecule has 1 unspecified atom stereocenters. The Bertz CT molecular complexity index is 765. The van der Waals surface area contributed by atoms with Crippen LogP contribution < -0.4 is 10.6 Å². The molecule has 1 aliphatic carbocycles. The van der Waals surface area contributed by atoms with Gasteiger partial charge in [0.05, 0.1) is 10.3 Å². The summed E-state index contributed by atoms with van der Waals surface area (Å²) in [7, 11) is -3.27. The van der Waals surface area contributed by atoms with Gasteiger partial charge in [-0.3, -0.25) is 9.59 Å². The predicted octanol–water partition coefficient (Wildman–Crippen LogP) is 1.30. The molecule has 136 valence electrons. The molecule has 2 N–H and O–H groups in total. The van der Waals surface area contributed by atoms with Crippen molar-refractivity contribution >= 4 is 21.7 Å². The number of carbonyl (C=O) groups is 2. The van der Waals surface area contributed by atoms with Crippen LogP contribution in [0.15, 0.2) is 29.2 Å². The predicted molar refractivity (Wildman–Crippen MR) is 93.9 cm³/mol. The van der Waals surface area contributed by atoms with Crippen LogP contribution in [0, 0.1) is 0 Å². The molecule has 2 fully saturated rings. The zero-order valence-electron chi connectivity index (χ0n) is 14.4. The smallest absolute Gasteiger partial charge is 0.242 e. The molecule has 1 aliphatic heterocycles. The van der Waals surface area contributed by atoms with Crippen LogP contribution in [0.25, 0.3) is 0 Å². The highest BCUT2D eigenvalue weighted by Crippen LogP contribution is 2.40. The summed E-state index contributed by atoms with van der Waals surface area (Å²) in [6.07, 6.45) is 6.17. The molecular formula is C18H24N2O4S. The average molecular weight is 364 g/mol. The Balaban J connectivity index is 1.90. The molecule has 3 rings (SSSR count). The van der Waals surface area contributed by atoms with Crippen molar-refractivity contribution in [2.75, 3.05) is 12.8 Å². The minimum atomic E-state index is -3.27. The van der Waals surface area contributed by atoms with Gasteiger partial charge in [-0.15, -0.1) is 0 Å². The lowest BCUT2D eigenvalue weighted by Crippen LogP contribution is -2.51. The quantitative estimate of drug-likeness (QED) is 0.842. The van der Waals surface area contributed by atoms with E-state index < -0.39 is 21.3 Å². The molecule has 6 nitrogen and oxygen atoms in total. The third-order valence-corrected chi connectivity index (χ3v) is 6.46. The third kappa shape index (κ3) is 3.56. The van der Waals surface area contributed by atoms with E-state index in [4.69, 9.17) is 0 Å². The molecule has 1 atom stereocenters. The van der Waals surface area contributed by atoms with E-state index in [9.17, 15) is 18.0 Å². The van der Waals surface area contributed by atoms with E-state index in [1.807, 2.05) is 0 Å². The Labute approximate surface area is 148 Å². The Morgan fingerprint density at radius 3 is 2.32 bits per heavy atom. The van der Waals surface area contributed by atoms with E-state index >= 15 is 0 Å². The van der Waals surface area contributed by atoms with Crippen molar-refractivity contribution in [1.82, 2.24) is 10.6 Å². The van der Waals surface area contributed by atoms with Crippen molar-refractivity contribution in [3.8, 4) is 0 Å². The number of amides is 2. The van der Waals surface area contributed by atoms with Crippen LogP contribution in [-0.4, -0.2) is 39.1 Å². The van der Waals surface area contributed by atoms with E-state index in [0.29, 0.717) is 25.8 Å². The minimum Gasteiger partial charge on any atom is -0.354 e. The molecular weight excluding hydrogens is 340 g/mol. The monoisotopic (exact) mass is 364 g/mol. The van der Waals surface area contributed by atoms with Gasteiger partial charge in [0, 0.05) is 12.8 Å². The van der Waals surface area contributed by atoms with Crippen LogP contribution in [-0.2, 0) is 24.8 Å². The molecule has 2 aliphatic rings. The second kappa shape index (κ2) is 6.78. The van der Waals surface area contributed by atoms with Gasteiger partial charge in [0.25, 0.3) is 0 Å². The Hall–Kier alpha value is -1.89. The third-order valence-electron chi connectivity index (χ3n) is 5.33. The molecule has 0 spiro atoms. The van der Waals surface area contributed by atoms with Gasteiger partial charge >= 0.3 is 0 Å². The lowest BCUT2D eigenvalue weighted by molar-refractivity contribution is -0.132. The van der Waals surface area contributed by atoms with Crippen LogP contribution in [0.3, 0.4) is 0 Å². The highest BCUT2D eigenvalue weighted by molar-refractivity contribution is 7.90. The van der Waals surface area contributed by atoms with Crippen LogP contribution in [0.4, 0.5) is 0 Å². The van der Waals surface area contributed by atoms with Gasteiger partial charge in [0.2, 0.25) is 11.8 Å². The Morgan fingerprint density at radius 1 is 1.16 bits per heavy atom. The summed E-state index contributed by atoms with van der Waals surface area (Å²) in [6.45, 7) is 0.583. The topological polar surface area (TPSA) is 92.3 Å². The van der Waals surface area contributed by atoms with Crippen molar-refractivity contribution in [2.24, 2.45) is 0 Å². The number of hydrogen-bond acceptors (Lipinski definition) is 4. The van der Waals surface area contributed by atoms with E-state index in [-0.39, 0.29) is 16.7 Å². The molecule has 25 heavy (non-hydrogen) atoms. The van der Waals surface area contributed by atoms with Gasteiger partial charge in [0.1, 0.15) is 6.04 Å². The van der Waals surface area contributed by atoms with Gasteiger partial charge < -0.3 is 10.6 Å². The van der Waals surface area contributed by atoms with Gasteiger partial charge in [-0.25, -0.2) is 8.42 Å². The minimum absolute atomic E-state index is 0.124. The first-order chi connectivity index (χ1) is 11.8. The normalized spacial score (nSPS) is 23.1. The van der Waals surface area contributed by atoms with Gasteiger partial charge in [-0.05, 0) is 37.0 Å². The summed E-state index contributed by atoms with van der Waals surface area (Å²) >= 11 is 0. The van der Waals surface area contributed by atoms with E-state index in [1.54, 1.807) is 24.3 Å². The highest BCUT2D eigenvalue weighted by Gasteiger charge is 2.42. The first-order valence-corrected chi connectivity index (χ1v) is 10.6. The number of rotatable bonds is 4. The maximum Gasteiger partial charge on any atom is 0.242 e. The second-order valence-electron chi connectivity index (χ2n) is 7.05. The number of benzene rings is 1. The molecule has 1 aromatic rings. The summed E-state index contributed by atoms with van der Waals surface area (Å²) < 4.78 is 23.4. The van der Waals surface area contributed by atoms with Crippen LogP contribution in [0.5, 0.6) is 0 Å². The molecule has 0 aromatic heterocycles. The van der Waals surface area contributed by atoms with E-state index in [1.165, 1.54) is 6.26 Å². The maximum absolute atomic E-state index is 13.1. The summed E-state index contributed by atoms with van der Waals surface area (Å²) in [5.41, 5.74) is 0.146. The summed E-state index contributed by atoms with van der Waals surface area (Å²) in [5, 5.41) is 5.65. The van der Waals surface area contributed by atoms with Crippen molar-refractivity contribution < 1.29 is 18.0 Å². The van der Waals surface area contributed by atoms with Crippen LogP contribution in [0.1, 0.15) is 44.1 Å². The zero-order chi connectivity index (χ0) is 18.1. The molecule has 1 saturated heterocycles. The summed E-state index contributed by atoms with van der Waals surface area (Å²) in [4.78, 5) is 25.1. The lowest BCUT2D eigenvalue weighted by atomic mass is 9.68. The zero-order valence-corrected chi connectivity index (χ0v) is 15.2. The van der Waals surface area contributed by atoms with Gasteiger partial charge in [-0.1, -0.05) is 31.4 Å². The number of nitrogens with one attached hydrogen (secondary N) is 2. The SMILES string of the molecule is CS(=O)(=O)c1ccc(C2(C(=O)NC3CCNC3=O)CCCCC2)cc1. The standard InChI is InChI=1S/C18H24N2O4S/c1-25(23,24)14-7-5-13(6-8-14)18(10-3-2-4-11-18)17(22)20-15-9-12-19-16(15)21/h5-8,15H,2-4,9-12H2,1H3,(H,19,21)(H,20,22).